The van der Waals surface area contributed by atoms with Crippen molar-refractivity contribution < 1.29 is 4.74 Å². The van der Waals surface area contributed by atoms with Crippen molar-refractivity contribution in [1.82, 2.24) is 9.97 Å². The van der Waals surface area contributed by atoms with E-state index in [9.17, 15) is 0 Å². The summed E-state index contributed by atoms with van der Waals surface area (Å²) in [5, 5.41) is 3.14. The number of thioether (sulfide) groups is 1. The molecular formula is C11H17N3OS. The van der Waals surface area contributed by atoms with Gasteiger partial charge in [-0.2, -0.15) is 11.8 Å². The summed E-state index contributed by atoms with van der Waals surface area (Å²) in [4.78, 5) is 9.15. The molecule has 1 aromatic rings. The van der Waals surface area contributed by atoms with Crippen molar-refractivity contribution in [3.8, 4) is 0 Å². The molecule has 0 spiro atoms. The SMILES string of the molecule is CNc1nc(C(C)(C)OC)nc2c1CSC2. The second-order valence-corrected chi connectivity index (χ2v) is 5.26. The summed E-state index contributed by atoms with van der Waals surface area (Å²) >= 11 is 1.88. The quantitative estimate of drug-likeness (QED) is 0.875. The highest BCUT2D eigenvalue weighted by atomic mass is 32.2. The monoisotopic (exact) mass is 239 g/mol. The van der Waals surface area contributed by atoms with Gasteiger partial charge in [-0.25, -0.2) is 9.97 Å². The van der Waals surface area contributed by atoms with Gasteiger partial charge in [-0.15, -0.1) is 0 Å². The second kappa shape index (κ2) is 4.22. The van der Waals surface area contributed by atoms with E-state index in [1.54, 1.807) is 7.11 Å². The average molecular weight is 239 g/mol. The Hall–Kier alpha value is -0.810. The average Bonchev–Trinajstić information content (AvgIpc) is 2.75. The highest BCUT2D eigenvalue weighted by Gasteiger charge is 2.27. The van der Waals surface area contributed by atoms with Gasteiger partial charge in [0.05, 0.1) is 5.69 Å². The third-order valence-electron chi connectivity index (χ3n) is 2.86. The van der Waals surface area contributed by atoms with Gasteiger partial charge >= 0.3 is 0 Å². The van der Waals surface area contributed by atoms with Crippen LogP contribution in [0.2, 0.25) is 0 Å². The zero-order valence-corrected chi connectivity index (χ0v) is 10.9. The Morgan fingerprint density at radius 3 is 2.69 bits per heavy atom. The summed E-state index contributed by atoms with van der Waals surface area (Å²) in [5.41, 5.74) is 1.95. The first-order valence-electron chi connectivity index (χ1n) is 5.29. The highest BCUT2D eigenvalue weighted by Crippen LogP contribution is 2.34. The Morgan fingerprint density at radius 2 is 2.06 bits per heavy atom. The number of aromatic nitrogens is 2. The van der Waals surface area contributed by atoms with Gasteiger partial charge in [-0.1, -0.05) is 0 Å². The lowest BCUT2D eigenvalue weighted by Crippen LogP contribution is -2.24. The number of ether oxygens (including phenoxy) is 1. The minimum absolute atomic E-state index is 0.437. The van der Waals surface area contributed by atoms with Crippen LogP contribution < -0.4 is 5.32 Å². The molecule has 0 unspecified atom stereocenters. The molecule has 4 nitrogen and oxygen atoms in total. The standard InChI is InChI=1S/C11H17N3OS/c1-11(2,15-4)10-13-8-6-16-5-7(8)9(12-3)14-10/h5-6H2,1-4H3,(H,12,13,14). The van der Waals surface area contributed by atoms with Crippen LogP contribution in [0.4, 0.5) is 5.82 Å². The summed E-state index contributed by atoms with van der Waals surface area (Å²) in [6, 6.07) is 0. The van der Waals surface area contributed by atoms with Crippen LogP contribution in [0.25, 0.3) is 0 Å². The lowest BCUT2D eigenvalue weighted by molar-refractivity contribution is 0.0114. The number of anilines is 1. The molecule has 0 fully saturated rings. The molecule has 88 valence electrons. The number of nitrogens with zero attached hydrogens (tertiary/aromatic N) is 2. The predicted molar refractivity (Wildman–Crippen MR) is 66.6 cm³/mol. The van der Waals surface area contributed by atoms with Gasteiger partial charge in [0.1, 0.15) is 11.4 Å². The van der Waals surface area contributed by atoms with E-state index in [4.69, 9.17) is 4.74 Å². The van der Waals surface area contributed by atoms with Crippen LogP contribution in [0.5, 0.6) is 0 Å². The molecule has 0 saturated carbocycles. The van der Waals surface area contributed by atoms with Crippen LogP contribution in [0.3, 0.4) is 0 Å². The molecule has 16 heavy (non-hydrogen) atoms. The fraction of sp³-hybridized carbons (Fsp3) is 0.636. The maximum Gasteiger partial charge on any atom is 0.162 e. The second-order valence-electron chi connectivity index (χ2n) is 4.28. The molecule has 0 aliphatic carbocycles. The van der Waals surface area contributed by atoms with Crippen LogP contribution in [-0.4, -0.2) is 24.1 Å². The molecule has 0 bridgehead atoms. The smallest absolute Gasteiger partial charge is 0.162 e. The topological polar surface area (TPSA) is 47.0 Å². The van der Waals surface area contributed by atoms with Crippen LogP contribution >= 0.6 is 11.8 Å². The Balaban J connectivity index is 2.50. The molecule has 0 atom stereocenters. The third-order valence-corrected chi connectivity index (χ3v) is 3.83. The van der Waals surface area contributed by atoms with Crippen molar-refractivity contribution in [3.63, 3.8) is 0 Å². The number of methoxy groups -OCH3 is 1. The van der Waals surface area contributed by atoms with Crippen LogP contribution in [0.1, 0.15) is 30.9 Å². The van der Waals surface area contributed by atoms with E-state index >= 15 is 0 Å². The van der Waals surface area contributed by atoms with E-state index in [1.807, 2.05) is 32.7 Å². The largest absolute Gasteiger partial charge is 0.373 e. The Morgan fingerprint density at radius 1 is 1.31 bits per heavy atom. The third kappa shape index (κ3) is 1.89. The summed E-state index contributed by atoms with van der Waals surface area (Å²) in [6.07, 6.45) is 0. The number of hydrogen-bond donors (Lipinski definition) is 1. The van der Waals surface area contributed by atoms with E-state index in [1.165, 1.54) is 5.56 Å². The zero-order chi connectivity index (χ0) is 11.8. The Bertz CT molecular complexity index is 406. The molecule has 0 aromatic carbocycles. The predicted octanol–water partition coefficient (Wildman–Crippen LogP) is 2.15. The minimum atomic E-state index is -0.437. The lowest BCUT2D eigenvalue weighted by Gasteiger charge is -2.22. The molecule has 0 amide bonds. The van der Waals surface area contributed by atoms with Gasteiger partial charge in [0.15, 0.2) is 5.82 Å². The van der Waals surface area contributed by atoms with Crippen LogP contribution in [0.15, 0.2) is 0 Å². The highest BCUT2D eigenvalue weighted by molar-refractivity contribution is 7.98. The Kier molecular flexibility index (Phi) is 3.08. The van der Waals surface area contributed by atoms with Gasteiger partial charge in [0.25, 0.3) is 0 Å². The van der Waals surface area contributed by atoms with Gasteiger partial charge in [0.2, 0.25) is 0 Å². The number of rotatable bonds is 3. The lowest BCUT2D eigenvalue weighted by atomic mass is 10.1. The maximum absolute atomic E-state index is 5.42. The molecule has 1 aromatic heterocycles. The van der Waals surface area contributed by atoms with E-state index in [0.717, 1.165) is 28.8 Å². The fourth-order valence-corrected chi connectivity index (χ4v) is 2.66. The molecule has 0 saturated heterocycles. The normalized spacial score (nSPS) is 15.0. The first-order valence-corrected chi connectivity index (χ1v) is 6.45. The first-order chi connectivity index (χ1) is 7.58. The molecule has 0 radical (unpaired) electrons. The van der Waals surface area contributed by atoms with Gasteiger partial charge < -0.3 is 10.1 Å². The summed E-state index contributed by atoms with van der Waals surface area (Å²) < 4.78 is 5.42. The van der Waals surface area contributed by atoms with Gasteiger partial charge in [-0.3, -0.25) is 0 Å². The van der Waals surface area contributed by atoms with Crippen molar-refractivity contribution >= 4 is 17.6 Å². The summed E-state index contributed by atoms with van der Waals surface area (Å²) in [6.45, 7) is 3.96. The summed E-state index contributed by atoms with van der Waals surface area (Å²) in [7, 11) is 3.58. The van der Waals surface area contributed by atoms with E-state index < -0.39 is 5.60 Å². The molecule has 2 heterocycles. The van der Waals surface area contributed by atoms with Crippen LogP contribution in [-0.2, 0) is 21.8 Å². The summed E-state index contributed by atoms with van der Waals surface area (Å²) in [5.74, 6) is 3.66. The van der Waals surface area contributed by atoms with Crippen LogP contribution in [0, 0.1) is 0 Å². The van der Waals surface area contributed by atoms with Crippen molar-refractivity contribution in [1.29, 1.82) is 0 Å². The zero-order valence-electron chi connectivity index (χ0n) is 10.1. The van der Waals surface area contributed by atoms with Crippen molar-refractivity contribution in [3.05, 3.63) is 17.1 Å². The molecule has 2 rings (SSSR count). The molecule has 5 heteroatoms. The molecule has 1 N–H and O–H groups in total. The number of hydrogen-bond acceptors (Lipinski definition) is 5. The van der Waals surface area contributed by atoms with E-state index in [-0.39, 0.29) is 0 Å². The van der Waals surface area contributed by atoms with Crippen molar-refractivity contribution in [2.24, 2.45) is 0 Å². The Labute approximate surface area is 100 Å². The molecule has 1 aliphatic heterocycles. The van der Waals surface area contributed by atoms with Gasteiger partial charge in [0, 0.05) is 31.2 Å². The van der Waals surface area contributed by atoms with E-state index in [0.29, 0.717) is 0 Å². The fourth-order valence-electron chi connectivity index (χ4n) is 1.62. The number of nitrogens with one attached hydrogen (secondary N) is 1. The number of fused-ring (bicyclic) bond motifs is 1. The first kappa shape index (κ1) is 11.7. The minimum Gasteiger partial charge on any atom is -0.373 e. The molecule has 1 aliphatic rings. The molecular weight excluding hydrogens is 222 g/mol. The van der Waals surface area contributed by atoms with E-state index in [2.05, 4.69) is 15.3 Å². The van der Waals surface area contributed by atoms with Gasteiger partial charge in [-0.05, 0) is 13.8 Å². The van der Waals surface area contributed by atoms with Crippen molar-refractivity contribution in [2.45, 2.75) is 31.0 Å². The van der Waals surface area contributed by atoms with Crippen molar-refractivity contribution in [2.75, 3.05) is 19.5 Å². The maximum atomic E-state index is 5.42.